The number of nitrogens with zero attached hydrogens (tertiary/aromatic N) is 2. The Hall–Kier alpha value is -2.89. The number of hydrogen-bond acceptors (Lipinski definition) is 3. The van der Waals surface area contributed by atoms with Gasteiger partial charge in [0, 0.05) is 38.1 Å². The third kappa shape index (κ3) is 4.75. The van der Waals surface area contributed by atoms with Crippen LogP contribution < -0.4 is 10.7 Å². The van der Waals surface area contributed by atoms with Gasteiger partial charge in [0.25, 0.3) is 11.8 Å². The van der Waals surface area contributed by atoms with E-state index in [9.17, 15) is 14.4 Å². The maximum atomic E-state index is 13.2. The van der Waals surface area contributed by atoms with Crippen LogP contribution in [-0.2, 0) is 19.5 Å². The van der Waals surface area contributed by atoms with Gasteiger partial charge < -0.3 is 14.8 Å². The van der Waals surface area contributed by atoms with E-state index in [4.69, 9.17) is 0 Å². The molecular weight excluding hydrogens is 366 g/mol. The molecule has 1 aliphatic rings. The summed E-state index contributed by atoms with van der Waals surface area (Å²) in [5, 5.41) is 2.76. The van der Waals surface area contributed by atoms with Crippen LogP contribution in [0, 0.1) is 5.92 Å². The molecule has 1 aromatic heterocycles. The lowest BCUT2D eigenvalue weighted by Gasteiger charge is -2.29. The van der Waals surface area contributed by atoms with E-state index in [0.717, 1.165) is 12.0 Å². The minimum Gasteiger partial charge on any atom is -0.352 e. The standard InChI is InChI=1S/C23H29N3O3/c1-15(2)11-25-13-19(22(28)24-16(3)4)21(27)20(14-25)23(29)26-10-9-17-7-5-6-8-18(17)12-26/h5-8,13-16H,9-12H2,1-4H3,(H,24,28). The molecule has 3 rings (SSSR count). The fourth-order valence-electron chi connectivity index (χ4n) is 3.65. The molecule has 0 atom stereocenters. The highest BCUT2D eigenvalue weighted by atomic mass is 16.2. The smallest absolute Gasteiger partial charge is 0.259 e. The molecule has 0 saturated carbocycles. The summed E-state index contributed by atoms with van der Waals surface area (Å²) in [4.78, 5) is 40.6. The molecule has 0 unspecified atom stereocenters. The molecule has 0 radical (unpaired) electrons. The maximum absolute atomic E-state index is 13.2. The van der Waals surface area contributed by atoms with Gasteiger partial charge in [-0.25, -0.2) is 0 Å². The molecule has 0 saturated heterocycles. The zero-order chi connectivity index (χ0) is 21.1. The summed E-state index contributed by atoms with van der Waals surface area (Å²) in [6.45, 7) is 9.42. The first-order valence-electron chi connectivity index (χ1n) is 10.2. The van der Waals surface area contributed by atoms with Crippen LogP contribution >= 0.6 is 0 Å². The van der Waals surface area contributed by atoms with Gasteiger partial charge in [0.2, 0.25) is 5.43 Å². The second kappa shape index (κ2) is 8.64. The van der Waals surface area contributed by atoms with Crippen molar-refractivity contribution in [1.82, 2.24) is 14.8 Å². The van der Waals surface area contributed by atoms with E-state index in [2.05, 4.69) is 25.2 Å². The molecule has 1 N–H and O–H groups in total. The van der Waals surface area contributed by atoms with Crippen molar-refractivity contribution in [2.45, 2.75) is 53.2 Å². The fraction of sp³-hybridized carbons (Fsp3) is 0.435. The fourth-order valence-corrected chi connectivity index (χ4v) is 3.65. The van der Waals surface area contributed by atoms with Gasteiger partial charge in [-0.2, -0.15) is 0 Å². The Labute approximate surface area is 171 Å². The third-order valence-electron chi connectivity index (χ3n) is 4.97. The van der Waals surface area contributed by atoms with E-state index in [1.807, 2.05) is 32.0 Å². The molecule has 0 bridgehead atoms. The SMILES string of the molecule is CC(C)Cn1cc(C(=O)NC(C)C)c(=O)c(C(=O)N2CCc3ccccc3C2)c1. The zero-order valence-electron chi connectivity index (χ0n) is 17.6. The van der Waals surface area contributed by atoms with Crippen LogP contribution in [0.3, 0.4) is 0 Å². The van der Waals surface area contributed by atoms with Crippen molar-refractivity contribution in [2.75, 3.05) is 6.54 Å². The van der Waals surface area contributed by atoms with Gasteiger partial charge in [0.15, 0.2) is 0 Å². The molecule has 6 nitrogen and oxygen atoms in total. The summed E-state index contributed by atoms with van der Waals surface area (Å²) < 4.78 is 1.78. The van der Waals surface area contributed by atoms with Crippen molar-refractivity contribution in [3.63, 3.8) is 0 Å². The molecule has 2 amide bonds. The van der Waals surface area contributed by atoms with Crippen molar-refractivity contribution in [2.24, 2.45) is 5.92 Å². The van der Waals surface area contributed by atoms with Gasteiger partial charge in [-0.05, 0) is 37.3 Å². The van der Waals surface area contributed by atoms with Crippen LogP contribution in [-0.4, -0.2) is 33.9 Å². The number of hydrogen-bond donors (Lipinski definition) is 1. The van der Waals surface area contributed by atoms with E-state index < -0.39 is 11.3 Å². The monoisotopic (exact) mass is 395 g/mol. The second-order valence-corrected chi connectivity index (χ2v) is 8.38. The number of benzene rings is 1. The Morgan fingerprint density at radius 1 is 1.03 bits per heavy atom. The number of rotatable bonds is 5. The van der Waals surface area contributed by atoms with Gasteiger partial charge in [-0.1, -0.05) is 38.1 Å². The summed E-state index contributed by atoms with van der Waals surface area (Å²) >= 11 is 0. The van der Waals surface area contributed by atoms with Crippen LogP contribution in [0.15, 0.2) is 41.5 Å². The molecular formula is C23H29N3O3. The van der Waals surface area contributed by atoms with E-state index in [-0.39, 0.29) is 23.1 Å². The molecule has 6 heteroatoms. The Morgan fingerprint density at radius 3 is 2.34 bits per heavy atom. The van der Waals surface area contributed by atoms with Crippen LogP contribution in [0.25, 0.3) is 0 Å². The highest BCUT2D eigenvalue weighted by molar-refractivity contribution is 5.99. The van der Waals surface area contributed by atoms with Gasteiger partial charge in [-0.15, -0.1) is 0 Å². The number of fused-ring (bicyclic) bond motifs is 1. The van der Waals surface area contributed by atoms with Crippen LogP contribution in [0.1, 0.15) is 59.5 Å². The first-order valence-corrected chi connectivity index (χ1v) is 10.2. The second-order valence-electron chi connectivity index (χ2n) is 8.38. The number of nitrogens with one attached hydrogen (secondary N) is 1. The molecule has 2 aromatic rings. The van der Waals surface area contributed by atoms with Crippen molar-refractivity contribution in [1.29, 1.82) is 0 Å². The lowest BCUT2D eigenvalue weighted by molar-refractivity contribution is 0.0732. The molecule has 1 aromatic carbocycles. The Bertz CT molecular complexity index is 976. The Balaban J connectivity index is 1.98. The summed E-state index contributed by atoms with van der Waals surface area (Å²) in [5.41, 5.74) is 1.90. The maximum Gasteiger partial charge on any atom is 0.259 e. The third-order valence-corrected chi connectivity index (χ3v) is 4.97. The van der Waals surface area contributed by atoms with E-state index in [1.54, 1.807) is 21.9 Å². The highest BCUT2D eigenvalue weighted by Crippen LogP contribution is 2.20. The molecule has 154 valence electrons. The van der Waals surface area contributed by atoms with E-state index in [0.29, 0.717) is 25.6 Å². The highest BCUT2D eigenvalue weighted by Gasteiger charge is 2.26. The van der Waals surface area contributed by atoms with Crippen LogP contribution in [0.4, 0.5) is 0 Å². The molecule has 29 heavy (non-hydrogen) atoms. The number of carbonyl (C=O) groups is 2. The number of aromatic nitrogens is 1. The van der Waals surface area contributed by atoms with Crippen LogP contribution in [0.2, 0.25) is 0 Å². The largest absolute Gasteiger partial charge is 0.352 e. The van der Waals surface area contributed by atoms with Crippen LogP contribution in [0.5, 0.6) is 0 Å². The number of pyridine rings is 1. The molecule has 1 aliphatic heterocycles. The molecule has 0 spiro atoms. The van der Waals surface area contributed by atoms with Gasteiger partial charge in [-0.3, -0.25) is 14.4 Å². The zero-order valence-corrected chi connectivity index (χ0v) is 17.6. The average Bonchev–Trinajstić information content (AvgIpc) is 2.67. The number of carbonyl (C=O) groups excluding carboxylic acids is 2. The summed E-state index contributed by atoms with van der Waals surface area (Å²) in [5.74, 6) is -0.453. The normalized spacial score (nSPS) is 13.5. The lowest BCUT2D eigenvalue weighted by Crippen LogP contribution is -2.41. The van der Waals surface area contributed by atoms with Crippen molar-refractivity contribution < 1.29 is 9.59 Å². The average molecular weight is 396 g/mol. The predicted molar refractivity (Wildman–Crippen MR) is 113 cm³/mol. The molecule has 2 heterocycles. The Kier molecular flexibility index (Phi) is 6.20. The van der Waals surface area contributed by atoms with E-state index >= 15 is 0 Å². The summed E-state index contributed by atoms with van der Waals surface area (Å²) in [7, 11) is 0. The minimum absolute atomic E-state index is 0.0163. The van der Waals surface area contributed by atoms with Gasteiger partial charge in [0.05, 0.1) is 0 Å². The Morgan fingerprint density at radius 2 is 1.69 bits per heavy atom. The lowest BCUT2D eigenvalue weighted by atomic mass is 9.99. The topological polar surface area (TPSA) is 71.4 Å². The summed E-state index contributed by atoms with van der Waals surface area (Å²) in [6, 6.07) is 7.94. The van der Waals surface area contributed by atoms with E-state index in [1.165, 1.54) is 5.56 Å². The van der Waals surface area contributed by atoms with Gasteiger partial charge in [0.1, 0.15) is 11.1 Å². The van der Waals surface area contributed by atoms with Crippen molar-refractivity contribution in [3.05, 3.63) is 69.1 Å². The minimum atomic E-state index is -0.507. The summed E-state index contributed by atoms with van der Waals surface area (Å²) in [6.07, 6.45) is 3.91. The first kappa shape index (κ1) is 20.8. The predicted octanol–water partition coefficient (Wildman–Crippen LogP) is 2.84. The molecule has 0 fully saturated rings. The van der Waals surface area contributed by atoms with Gasteiger partial charge >= 0.3 is 0 Å². The van der Waals surface area contributed by atoms with Crippen molar-refractivity contribution in [3.8, 4) is 0 Å². The quantitative estimate of drug-likeness (QED) is 0.846. The van der Waals surface area contributed by atoms with Crippen molar-refractivity contribution >= 4 is 11.8 Å². The number of amides is 2. The first-order chi connectivity index (χ1) is 13.8. The molecule has 0 aliphatic carbocycles.